The predicted octanol–water partition coefficient (Wildman–Crippen LogP) is 5.15. The molecule has 1 unspecified atom stereocenters. The molecule has 0 aliphatic carbocycles. The van der Waals surface area contributed by atoms with Gasteiger partial charge in [0.2, 0.25) is 0 Å². The van der Waals surface area contributed by atoms with Crippen LogP contribution in [0.3, 0.4) is 0 Å². The number of carbonyl (C=O) groups excluding carboxylic acids is 2. The number of carbonyl (C=O) groups is 2. The first-order chi connectivity index (χ1) is 18.3. The van der Waals surface area contributed by atoms with Crippen molar-refractivity contribution in [1.29, 1.82) is 0 Å². The number of nitrogens with zero attached hydrogens (tertiary/aromatic N) is 2. The molecule has 1 aliphatic heterocycles. The van der Waals surface area contributed by atoms with Crippen molar-refractivity contribution in [2.24, 2.45) is 5.92 Å². The van der Waals surface area contributed by atoms with Gasteiger partial charge in [-0.3, -0.25) is 14.6 Å². The average molecular weight is 517 g/mol. The minimum atomic E-state index is -0.854. The van der Waals surface area contributed by atoms with Gasteiger partial charge in [0, 0.05) is 24.5 Å². The van der Waals surface area contributed by atoms with Crippen LogP contribution in [0, 0.1) is 5.92 Å². The van der Waals surface area contributed by atoms with E-state index in [0.29, 0.717) is 40.9 Å². The highest BCUT2D eigenvalue weighted by atomic mass is 16.5. The molecule has 38 heavy (non-hydrogen) atoms. The molecular formula is C30H32N2O6. The van der Waals surface area contributed by atoms with Crippen LogP contribution in [0.2, 0.25) is 0 Å². The molecule has 1 fully saturated rings. The maximum absolute atomic E-state index is 13.4. The summed E-state index contributed by atoms with van der Waals surface area (Å²) in [5.41, 5.74) is 1.77. The summed E-state index contributed by atoms with van der Waals surface area (Å²) in [6.07, 6.45) is 4.14. The lowest BCUT2D eigenvalue weighted by molar-refractivity contribution is -0.140. The van der Waals surface area contributed by atoms with Crippen LogP contribution in [0.4, 0.5) is 0 Å². The first-order valence-electron chi connectivity index (χ1n) is 12.5. The van der Waals surface area contributed by atoms with E-state index in [4.69, 9.17) is 14.2 Å². The van der Waals surface area contributed by atoms with Crippen molar-refractivity contribution in [1.82, 2.24) is 9.88 Å². The number of aliphatic hydroxyl groups excluding tert-OH is 1. The molecule has 0 bridgehead atoms. The number of aliphatic hydroxyl groups is 1. The molecule has 1 N–H and O–H groups in total. The van der Waals surface area contributed by atoms with Gasteiger partial charge in [0.25, 0.3) is 11.7 Å². The number of ketones is 1. The topological polar surface area (TPSA) is 98.2 Å². The molecule has 0 radical (unpaired) electrons. The second-order valence-electron chi connectivity index (χ2n) is 9.46. The molecule has 1 aromatic heterocycles. The van der Waals surface area contributed by atoms with Crippen molar-refractivity contribution in [3.63, 3.8) is 0 Å². The summed E-state index contributed by atoms with van der Waals surface area (Å²) in [6.45, 7) is 4.93. The Kier molecular flexibility index (Phi) is 8.31. The van der Waals surface area contributed by atoms with Gasteiger partial charge in [-0.15, -0.1) is 0 Å². The monoisotopic (exact) mass is 516 g/mol. The van der Waals surface area contributed by atoms with Crippen molar-refractivity contribution in [2.75, 3.05) is 20.8 Å². The second kappa shape index (κ2) is 11.8. The Morgan fingerprint density at radius 2 is 1.76 bits per heavy atom. The molecule has 2 heterocycles. The van der Waals surface area contributed by atoms with Crippen LogP contribution in [-0.2, 0) is 16.1 Å². The zero-order valence-corrected chi connectivity index (χ0v) is 22.0. The van der Waals surface area contributed by atoms with Crippen LogP contribution in [0.15, 0.2) is 72.6 Å². The Bertz CT molecular complexity index is 1340. The summed E-state index contributed by atoms with van der Waals surface area (Å²) in [5, 5.41) is 11.4. The van der Waals surface area contributed by atoms with Gasteiger partial charge in [-0.25, -0.2) is 0 Å². The fourth-order valence-corrected chi connectivity index (χ4v) is 4.38. The second-order valence-corrected chi connectivity index (χ2v) is 9.46. The first-order valence-corrected chi connectivity index (χ1v) is 12.5. The number of amides is 1. The summed E-state index contributed by atoms with van der Waals surface area (Å²) in [6, 6.07) is 14.8. The van der Waals surface area contributed by atoms with Crippen molar-refractivity contribution in [2.45, 2.75) is 32.9 Å². The van der Waals surface area contributed by atoms with Gasteiger partial charge in [0.15, 0.2) is 11.5 Å². The van der Waals surface area contributed by atoms with Crippen molar-refractivity contribution in [3.05, 3.63) is 89.3 Å². The summed E-state index contributed by atoms with van der Waals surface area (Å²) < 4.78 is 16.8. The fraction of sp³-hybridized carbons (Fsp3) is 0.300. The Morgan fingerprint density at radius 3 is 2.45 bits per heavy atom. The molecular weight excluding hydrogens is 484 g/mol. The SMILES string of the molecule is COc1cccc(/C(O)=C2\C(=O)C(=O)N(Cc3ccncc3)C2c2ccc(OCCC(C)C)c(OC)c2)c1. The quantitative estimate of drug-likeness (QED) is 0.226. The number of methoxy groups -OCH3 is 2. The van der Waals surface area contributed by atoms with Crippen LogP contribution in [0.25, 0.3) is 5.76 Å². The third-order valence-electron chi connectivity index (χ3n) is 6.44. The number of benzene rings is 2. The summed E-state index contributed by atoms with van der Waals surface area (Å²) >= 11 is 0. The van der Waals surface area contributed by atoms with E-state index in [2.05, 4.69) is 18.8 Å². The number of Topliss-reactive ketones (excluding diaryl/α,β-unsaturated/α-hetero) is 1. The molecule has 1 atom stereocenters. The van der Waals surface area contributed by atoms with E-state index < -0.39 is 17.7 Å². The minimum Gasteiger partial charge on any atom is -0.507 e. The van der Waals surface area contributed by atoms with E-state index in [0.717, 1.165) is 12.0 Å². The lowest BCUT2D eigenvalue weighted by Crippen LogP contribution is -2.29. The van der Waals surface area contributed by atoms with Crippen molar-refractivity contribution in [3.8, 4) is 17.2 Å². The number of hydrogen-bond donors (Lipinski definition) is 1. The van der Waals surface area contributed by atoms with E-state index >= 15 is 0 Å². The van der Waals surface area contributed by atoms with Gasteiger partial charge in [-0.2, -0.15) is 0 Å². The molecule has 1 saturated heterocycles. The predicted molar refractivity (Wildman–Crippen MR) is 143 cm³/mol. The minimum absolute atomic E-state index is 0.00663. The number of ether oxygens (including phenoxy) is 3. The van der Waals surface area contributed by atoms with E-state index in [1.807, 2.05) is 0 Å². The van der Waals surface area contributed by atoms with Crippen LogP contribution in [0.5, 0.6) is 17.2 Å². The number of hydrogen-bond acceptors (Lipinski definition) is 7. The number of likely N-dealkylation sites (tertiary alicyclic amines) is 1. The van der Waals surface area contributed by atoms with Gasteiger partial charge in [0.05, 0.1) is 32.4 Å². The molecule has 0 saturated carbocycles. The van der Waals surface area contributed by atoms with Gasteiger partial charge in [-0.1, -0.05) is 32.0 Å². The number of pyridine rings is 1. The lowest BCUT2D eigenvalue weighted by atomic mass is 9.94. The van der Waals surface area contributed by atoms with Crippen molar-refractivity contribution >= 4 is 17.4 Å². The summed E-state index contributed by atoms with van der Waals surface area (Å²) in [5.74, 6) is 0.303. The molecule has 1 amide bonds. The number of rotatable bonds is 10. The molecule has 198 valence electrons. The largest absolute Gasteiger partial charge is 0.507 e. The fourth-order valence-electron chi connectivity index (χ4n) is 4.38. The zero-order chi connectivity index (χ0) is 27.2. The van der Waals surface area contributed by atoms with E-state index in [1.165, 1.54) is 12.0 Å². The van der Waals surface area contributed by atoms with E-state index in [1.54, 1.807) is 74.1 Å². The van der Waals surface area contributed by atoms with E-state index in [-0.39, 0.29) is 17.9 Å². The third-order valence-corrected chi connectivity index (χ3v) is 6.44. The smallest absolute Gasteiger partial charge is 0.295 e. The highest BCUT2D eigenvalue weighted by molar-refractivity contribution is 6.46. The van der Waals surface area contributed by atoms with Gasteiger partial charge < -0.3 is 24.2 Å². The Labute approximate surface area is 222 Å². The van der Waals surface area contributed by atoms with Crippen molar-refractivity contribution < 1.29 is 28.9 Å². The summed E-state index contributed by atoms with van der Waals surface area (Å²) in [7, 11) is 3.06. The summed E-state index contributed by atoms with van der Waals surface area (Å²) in [4.78, 5) is 32.2. The highest BCUT2D eigenvalue weighted by Gasteiger charge is 2.46. The maximum atomic E-state index is 13.4. The van der Waals surface area contributed by atoms with E-state index in [9.17, 15) is 14.7 Å². The van der Waals surface area contributed by atoms with Gasteiger partial charge in [0.1, 0.15) is 11.5 Å². The average Bonchev–Trinajstić information content (AvgIpc) is 3.18. The molecule has 3 aromatic rings. The normalized spacial score (nSPS) is 16.7. The lowest BCUT2D eigenvalue weighted by Gasteiger charge is -2.26. The zero-order valence-electron chi connectivity index (χ0n) is 22.0. The molecule has 4 rings (SSSR count). The van der Waals surface area contributed by atoms with Gasteiger partial charge >= 0.3 is 0 Å². The standard InChI is InChI=1S/C30H32N2O6/c1-19(2)12-15-38-24-9-8-21(17-25(24)37-4)27-26(28(33)22-6-5-7-23(16-22)36-3)29(34)30(35)32(27)18-20-10-13-31-14-11-20/h5-11,13-14,16-17,19,27,33H,12,15,18H2,1-4H3/b28-26+. The van der Waals surface area contributed by atoms with Crippen LogP contribution < -0.4 is 14.2 Å². The molecule has 0 spiro atoms. The van der Waals surface area contributed by atoms with Crippen LogP contribution >= 0.6 is 0 Å². The van der Waals surface area contributed by atoms with Gasteiger partial charge in [-0.05, 0) is 59.9 Å². The highest BCUT2D eigenvalue weighted by Crippen LogP contribution is 2.43. The number of aromatic nitrogens is 1. The Hall–Kier alpha value is -4.33. The van der Waals surface area contributed by atoms with Crippen LogP contribution in [-0.4, -0.2) is 47.5 Å². The first kappa shape index (κ1) is 26.7. The molecule has 1 aliphatic rings. The third kappa shape index (κ3) is 5.64. The van der Waals surface area contributed by atoms with Crippen LogP contribution in [0.1, 0.15) is 43.0 Å². The maximum Gasteiger partial charge on any atom is 0.295 e. The Morgan fingerprint density at radius 1 is 1.00 bits per heavy atom. The molecule has 2 aromatic carbocycles. The molecule has 8 heteroatoms. The Balaban J connectivity index is 1.82. The molecule has 8 nitrogen and oxygen atoms in total.